The number of aromatic nitrogens is 2. The summed E-state index contributed by atoms with van der Waals surface area (Å²) in [6.07, 6.45) is -1.48. The lowest BCUT2D eigenvalue weighted by Gasteiger charge is -2.39. The highest BCUT2D eigenvalue weighted by Crippen LogP contribution is 2.64. The predicted molar refractivity (Wildman–Crippen MR) is 105 cm³/mol. The number of Topliss-reactive ketones (excluding diaryl/α,β-unsaturated/α-hetero) is 1. The zero-order valence-electron chi connectivity index (χ0n) is 17.5. The summed E-state index contributed by atoms with van der Waals surface area (Å²) in [5, 5.41) is 0. The molecule has 3 fully saturated rings. The topological polar surface area (TPSA) is 89.5 Å². The van der Waals surface area contributed by atoms with Gasteiger partial charge in [0, 0.05) is 24.6 Å². The fourth-order valence-electron chi connectivity index (χ4n) is 5.47. The van der Waals surface area contributed by atoms with E-state index < -0.39 is 39.4 Å². The third kappa shape index (κ3) is 3.83. The first-order valence-corrected chi connectivity index (χ1v) is 12.0. The molecule has 2 heterocycles. The molecule has 4 rings (SSSR count). The van der Waals surface area contributed by atoms with Crippen molar-refractivity contribution in [3.8, 4) is 6.01 Å². The highest BCUT2D eigenvalue weighted by Gasteiger charge is 2.65. The molecule has 1 aliphatic heterocycles. The number of fused-ring (bicyclic) bond motifs is 2. The number of rotatable bonds is 5. The van der Waals surface area contributed by atoms with E-state index in [-0.39, 0.29) is 29.4 Å². The van der Waals surface area contributed by atoms with Crippen molar-refractivity contribution in [2.24, 2.45) is 16.7 Å². The molecule has 172 valence electrons. The number of nitrogens with zero attached hydrogens (tertiary/aromatic N) is 3. The van der Waals surface area contributed by atoms with Gasteiger partial charge in [-0.3, -0.25) is 4.79 Å². The van der Waals surface area contributed by atoms with Crippen molar-refractivity contribution in [2.75, 3.05) is 18.8 Å². The van der Waals surface area contributed by atoms with E-state index in [9.17, 15) is 26.4 Å². The van der Waals surface area contributed by atoms with Crippen molar-refractivity contribution in [1.29, 1.82) is 0 Å². The quantitative estimate of drug-likeness (QED) is 0.670. The number of ketones is 1. The van der Waals surface area contributed by atoms with Crippen LogP contribution in [0.1, 0.15) is 51.6 Å². The van der Waals surface area contributed by atoms with E-state index in [1.54, 1.807) is 0 Å². The molecule has 1 aromatic rings. The highest BCUT2D eigenvalue weighted by atomic mass is 32.2. The van der Waals surface area contributed by atoms with Gasteiger partial charge in [0.05, 0.1) is 12.3 Å². The number of ether oxygens (including phenoxy) is 1. The Morgan fingerprint density at radius 2 is 2.03 bits per heavy atom. The first-order valence-electron chi connectivity index (χ1n) is 10.4. The largest absolute Gasteiger partial charge is 0.459 e. The normalized spacial score (nSPS) is 31.2. The van der Waals surface area contributed by atoms with Crippen LogP contribution in [-0.4, -0.2) is 53.4 Å². The molecule has 1 saturated heterocycles. The Morgan fingerprint density at radius 1 is 1.29 bits per heavy atom. The van der Waals surface area contributed by atoms with Crippen molar-refractivity contribution in [1.82, 2.24) is 14.3 Å². The van der Waals surface area contributed by atoms with Crippen LogP contribution in [0.5, 0.6) is 6.01 Å². The maximum absolute atomic E-state index is 13.3. The van der Waals surface area contributed by atoms with Gasteiger partial charge in [-0.1, -0.05) is 13.8 Å². The lowest BCUT2D eigenvalue weighted by Crippen LogP contribution is -2.50. The second kappa shape index (κ2) is 7.40. The summed E-state index contributed by atoms with van der Waals surface area (Å²) >= 11 is 0. The minimum absolute atomic E-state index is 0.00390. The van der Waals surface area contributed by atoms with Gasteiger partial charge in [-0.15, -0.1) is 0 Å². The van der Waals surface area contributed by atoms with E-state index in [0.717, 1.165) is 18.7 Å². The molecule has 31 heavy (non-hydrogen) atoms. The summed E-state index contributed by atoms with van der Waals surface area (Å²) in [5.74, 6) is 0.0139. The van der Waals surface area contributed by atoms with E-state index in [4.69, 9.17) is 4.74 Å². The molecule has 2 saturated carbocycles. The third-order valence-electron chi connectivity index (χ3n) is 7.50. The second-order valence-corrected chi connectivity index (χ2v) is 11.4. The van der Waals surface area contributed by atoms with E-state index in [2.05, 4.69) is 9.97 Å². The molecule has 7 nitrogen and oxygen atoms in total. The van der Waals surface area contributed by atoms with E-state index >= 15 is 0 Å². The van der Waals surface area contributed by atoms with Crippen LogP contribution in [0.2, 0.25) is 0 Å². The lowest BCUT2D eigenvalue weighted by molar-refractivity contribution is -0.141. The Labute approximate surface area is 179 Å². The fraction of sp³-hybridized carbons (Fsp3) is 0.750. The number of hydrogen-bond acceptors (Lipinski definition) is 6. The van der Waals surface area contributed by atoms with Crippen molar-refractivity contribution < 1.29 is 31.1 Å². The van der Waals surface area contributed by atoms with Crippen LogP contribution in [0.25, 0.3) is 0 Å². The molecule has 1 aromatic heterocycles. The minimum atomic E-state index is -4.62. The average Bonchev–Trinajstić information content (AvgIpc) is 3.02. The maximum Gasteiger partial charge on any atom is 0.433 e. The van der Waals surface area contributed by atoms with Gasteiger partial charge in [-0.2, -0.15) is 22.5 Å². The molecule has 11 heteroatoms. The molecule has 0 radical (unpaired) electrons. The van der Waals surface area contributed by atoms with Gasteiger partial charge in [0.25, 0.3) is 0 Å². The van der Waals surface area contributed by atoms with Gasteiger partial charge < -0.3 is 4.74 Å². The second-order valence-electron chi connectivity index (χ2n) is 9.39. The lowest BCUT2D eigenvalue weighted by atomic mass is 9.70. The number of halogens is 3. The molecule has 0 amide bonds. The van der Waals surface area contributed by atoms with Crippen LogP contribution in [0.3, 0.4) is 0 Å². The Bertz CT molecular complexity index is 982. The monoisotopic (exact) mass is 461 g/mol. The Morgan fingerprint density at radius 3 is 2.65 bits per heavy atom. The van der Waals surface area contributed by atoms with Gasteiger partial charge in [0.15, 0.2) is 5.69 Å². The molecule has 3 atom stereocenters. The van der Waals surface area contributed by atoms with Crippen molar-refractivity contribution in [2.45, 2.75) is 58.2 Å². The van der Waals surface area contributed by atoms with Crippen LogP contribution in [0, 0.1) is 16.7 Å². The molecule has 3 unspecified atom stereocenters. The predicted octanol–water partition coefficient (Wildman–Crippen LogP) is 3.06. The molecule has 0 N–H and O–H groups in total. The third-order valence-corrected chi connectivity index (χ3v) is 9.47. The first kappa shape index (κ1) is 22.4. The molecule has 3 aliphatic rings. The standard InChI is InChI=1S/C20H26F3N3O4S/c1-18(2)13-5-7-19(18,16(27)10-13)12-31(28,29)26-9-3-4-14(11-26)30-17-24-8-6-15(25-17)20(21,22)23/h6,8,13-14H,3-5,7,9-12H2,1-2H3. The number of hydrogen-bond donors (Lipinski definition) is 0. The van der Waals surface area contributed by atoms with E-state index in [1.807, 2.05) is 13.8 Å². The summed E-state index contributed by atoms with van der Waals surface area (Å²) < 4.78 is 72.0. The van der Waals surface area contributed by atoms with Crippen molar-refractivity contribution in [3.05, 3.63) is 18.0 Å². The van der Waals surface area contributed by atoms with Crippen LogP contribution in [0.15, 0.2) is 12.3 Å². The van der Waals surface area contributed by atoms with Crippen LogP contribution < -0.4 is 4.74 Å². The molecule has 2 bridgehead atoms. The molecule has 2 aliphatic carbocycles. The number of carbonyl (C=O) groups excluding carboxylic acids is 1. The smallest absolute Gasteiger partial charge is 0.433 e. The van der Waals surface area contributed by atoms with Crippen molar-refractivity contribution >= 4 is 15.8 Å². The van der Waals surface area contributed by atoms with Crippen LogP contribution >= 0.6 is 0 Å². The van der Waals surface area contributed by atoms with Gasteiger partial charge in [0.1, 0.15) is 11.9 Å². The molecule has 0 aromatic carbocycles. The molecular weight excluding hydrogens is 435 g/mol. The van der Waals surface area contributed by atoms with Gasteiger partial charge >= 0.3 is 12.2 Å². The summed E-state index contributed by atoms with van der Waals surface area (Å²) in [7, 11) is -3.76. The van der Waals surface area contributed by atoms with Crippen molar-refractivity contribution in [3.63, 3.8) is 0 Å². The van der Waals surface area contributed by atoms with E-state index in [1.165, 1.54) is 4.31 Å². The van der Waals surface area contributed by atoms with Gasteiger partial charge in [0.2, 0.25) is 10.0 Å². The zero-order valence-corrected chi connectivity index (χ0v) is 18.3. The molecular formula is C20H26F3N3O4S. The van der Waals surface area contributed by atoms with Gasteiger partial charge in [-0.05, 0) is 43.1 Å². The summed E-state index contributed by atoms with van der Waals surface area (Å²) in [6, 6.07) is 0.322. The Kier molecular flexibility index (Phi) is 5.36. The Hall–Kier alpha value is -1.75. The van der Waals surface area contributed by atoms with Gasteiger partial charge in [-0.25, -0.2) is 13.4 Å². The molecule has 0 spiro atoms. The number of sulfonamides is 1. The van der Waals surface area contributed by atoms with E-state index in [0.29, 0.717) is 32.2 Å². The first-order chi connectivity index (χ1) is 14.3. The van der Waals surface area contributed by atoms with Crippen LogP contribution in [-0.2, 0) is 21.0 Å². The summed E-state index contributed by atoms with van der Waals surface area (Å²) in [4.78, 5) is 19.9. The number of carbonyl (C=O) groups is 1. The Balaban J connectivity index is 1.48. The summed E-state index contributed by atoms with van der Waals surface area (Å²) in [5.41, 5.74) is -2.35. The average molecular weight is 462 g/mol. The fourth-order valence-corrected chi connectivity index (χ4v) is 7.75. The number of piperidine rings is 1. The highest BCUT2D eigenvalue weighted by molar-refractivity contribution is 7.89. The number of alkyl halides is 3. The summed E-state index contributed by atoms with van der Waals surface area (Å²) in [6.45, 7) is 4.26. The SMILES string of the molecule is CC1(C)C2CCC1(CS(=O)(=O)N1CCCC(Oc3nccc(C(F)(F)F)n3)C1)C(=O)C2. The zero-order chi connectivity index (χ0) is 22.7. The minimum Gasteiger partial charge on any atom is -0.459 e. The van der Waals surface area contributed by atoms with Crippen LogP contribution in [0.4, 0.5) is 13.2 Å². The maximum atomic E-state index is 13.3.